The molecule has 0 aliphatic rings. The van der Waals surface area contributed by atoms with E-state index in [2.05, 4.69) is 29.3 Å². The normalized spacial score (nSPS) is 10.6. The van der Waals surface area contributed by atoms with Crippen molar-refractivity contribution in [1.29, 1.82) is 0 Å². The van der Waals surface area contributed by atoms with Gasteiger partial charge in [0, 0.05) is 5.56 Å². The number of aromatic amines is 1. The van der Waals surface area contributed by atoms with Gasteiger partial charge in [-0.15, -0.1) is 0 Å². The minimum absolute atomic E-state index is 0.803. The number of benzene rings is 1. The minimum Gasteiger partial charge on any atom is -0.463 e. The highest BCUT2D eigenvalue weighted by Gasteiger charge is 2.08. The summed E-state index contributed by atoms with van der Waals surface area (Å²) in [5.41, 5.74) is 4.19. The summed E-state index contributed by atoms with van der Waals surface area (Å²) < 4.78 is 5.33. The zero-order chi connectivity index (χ0) is 11.7. The number of nitrogens with one attached hydrogen (secondary N) is 1. The summed E-state index contributed by atoms with van der Waals surface area (Å²) in [4.78, 5) is 0. The molecule has 1 N–H and O–H groups in total. The number of H-pyrrole nitrogens is 1. The number of aryl methyl sites for hydroxylation is 1. The average Bonchev–Trinajstić information content (AvgIpc) is 3.00. The van der Waals surface area contributed by atoms with Crippen molar-refractivity contribution in [3.05, 3.63) is 54.3 Å². The van der Waals surface area contributed by atoms with Crippen LogP contribution in [0.15, 0.2) is 53.1 Å². The second-order valence-electron chi connectivity index (χ2n) is 3.96. The van der Waals surface area contributed by atoms with Crippen LogP contribution in [-0.2, 0) is 0 Å². The zero-order valence-corrected chi connectivity index (χ0v) is 9.47. The van der Waals surface area contributed by atoms with Crippen molar-refractivity contribution in [3.63, 3.8) is 0 Å². The molecular weight excluding hydrogens is 212 g/mol. The van der Waals surface area contributed by atoms with E-state index in [0.717, 1.165) is 22.7 Å². The lowest BCUT2D eigenvalue weighted by Gasteiger charge is -1.99. The summed E-state index contributed by atoms with van der Waals surface area (Å²) >= 11 is 0. The lowest BCUT2D eigenvalue weighted by molar-refractivity contribution is 0.580. The van der Waals surface area contributed by atoms with E-state index in [1.54, 1.807) is 6.26 Å². The third kappa shape index (κ3) is 1.76. The van der Waals surface area contributed by atoms with Gasteiger partial charge in [-0.2, -0.15) is 5.10 Å². The molecule has 0 aliphatic heterocycles. The van der Waals surface area contributed by atoms with Crippen molar-refractivity contribution in [2.75, 3.05) is 0 Å². The van der Waals surface area contributed by atoms with Gasteiger partial charge in [0.05, 0.1) is 12.0 Å². The maximum atomic E-state index is 5.33. The third-order valence-corrected chi connectivity index (χ3v) is 2.79. The summed E-state index contributed by atoms with van der Waals surface area (Å²) in [6, 6.07) is 14.0. The summed E-state index contributed by atoms with van der Waals surface area (Å²) in [5, 5.41) is 7.31. The van der Waals surface area contributed by atoms with E-state index in [1.807, 2.05) is 30.3 Å². The lowest BCUT2D eigenvalue weighted by atomic mass is 10.1. The molecule has 0 saturated carbocycles. The molecule has 1 aromatic carbocycles. The van der Waals surface area contributed by atoms with Crippen molar-refractivity contribution in [2.45, 2.75) is 6.92 Å². The fraction of sp³-hybridized carbons (Fsp3) is 0.0714. The van der Waals surface area contributed by atoms with Crippen molar-refractivity contribution in [1.82, 2.24) is 10.2 Å². The average molecular weight is 224 g/mol. The fourth-order valence-electron chi connectivity index (χ4n) is 1.88. The lowest BCUT2D eigenvalue weighted by Crippen LogP contribution is -1.81. The van der Waals surface area contributed by atoms with Crippen LogP contribution in [0.2, 0.25) is 0 Å². The van der Waals surface area contributed by atoms with Crippen LogP contribution in [-0.4, -0.2) is 10.2 Å². The molecule has 3 nitrogen and oxygen atoms in total. The minimum atomic E-state index is 0.803. The summed E-state index contributed by atoms with van der Waals surface area (Å²) in [5.74, 6) is 0.803. The second kappa shape index (κ2) is 3.94. The fourth-order valence-corrected chi connectivity index (χ4v) is 1.88. The van der Waals surface area contributed by atoms with Crippen LogP contribution in [0.5, 0.6) is 0 Å². The first kappa shape index (κ1) is 9.90. The van der Waals surface area contributed by atoms with E-state index < -0.39 is 0 Å². The first-order valence-electron chi connectivity index (χ1n) is 5.50. The highest BCUT2D eigenvalue weighted by molar-refractivity contribution is 5.68. The first-order valence-corrected chi connectivity index (χ1v) is 5.50. The largest absolute Gasteiger partial charge is 0.463 e. The molecule has 2 aromatic heterocycles. The SMILES string of the molecule is Cc1ccccc1-c1cc(-c2ccco2)[nH]n1. The van der Waals surface area contributed by atoms with Gasteiger partial charge in [-0.3, -0.25) is 5.10 Å². The van der Waals surface area contributed by atoms with Crippen molar-refractivity contribution in [2.24, 2.45) is 0 Å². The Hall–Kier alpha value is -2.29. The maximum Gasteiger partial charge on any atom is 0.151 e. The Bertz CT molecular complexity index is 623. The Kier molecular flexibility index (Phi) is 2.29. The number of hydrogen-bond acceptors (Lipinski definition) is 2. The molecule has 3 heteroatoms. The molecule has 0 radical (unpaired) electrons. The molecule has 84 valence electrons. The first-order chi connectivity index (χ1) is 8.34. The van der Waals surface area contributed by atoms with Gasteiger partial charge >= 0.3 is 0 Å². The Morgan fingerprint density at radius 1 is 1.12 bits per heavy atom. The summed E-state index contributed by atoms with van der Waals surface area (Å²) in [6.07, 6.45) is 1.66. The molecule has 0 saturated heterocycles. The van der Waals surface area contributed by atoms with Crippen LogP contribution in [0.4, 0.5) is 0 Å². The number of aromatic nitrogens is 2. The molecule has 0 atom stereocenters. The smallest absolute Gasteiger partial charge is 0.151 e. The number of rotatable bonds is 2. The van der Waals surface area contributed by atoms with Gasteiger partial charge in [0.1, 0.15) is 5.69 Å². The molecule has 0 amide bonds. The predicted octanol–water partition coefficient (Wildman–Crippen LogP) is 3.65. The molecule has 0 unspecified atom stereocenters. The van der Waals surface area contributed by atoms with E-state index in [9.17, 15) is 0 Å². The van der Waals surface area contributed by atoms with E-state index in [1.165, 1.54) is 5.56 Å². The Morgan fingerprint density at radius 3 is 2.76 bits per heavy atom. The number of hydrogen-bond donors (Lipinski definition) is 1. The van der Waals surface area contributed by atoms with Gasteiger partial charge in [-0.25, -0.2) is 0 Å². The highest BCUT2D eigenvalue weighted by atomic mass is 16.3. The van der Waals surface area contributed by atoms with Gasteiger partial charge in [0.15, 0.2) is 5.76 Å². The van der Waals surface area contributed by atoms with Crippen LogP contribution in [0.1, 0.15) is 5.56 Å². The van der Waals surface area contributed by atoms with Gasteiger partial charge in [-0.05, 0) is 30.7 Å². The van der Waals surface area contributed by atoms with Gasteiger partial charge < -0.3 is 4.42 Å². The molecule has 2 heterocycles. The Balaban J connectivity index is 2.04. The number of nitrogens with zero attached hydrogens (tertiary/aromatic N) is 1. The van der Waals surface area contributed by atoms with Crippen LogP contribution >= 0.6 is 0 Å². The van der Waals surface area contributed by atoms with Crippen LogP contribution < -0.4 is 0 Å². The van der Waals surface area contributed by atoms with E-state index in [0.29, 0.717) is 0 Å². The van der Waals surface area contributed by atoms with E-state index >= 15 is 0 Å². The second-order valence-corrected chi connectivity index (χ2v) is 3.96. The van der Waals surface area contributed by atoms with Crippen molar-refractivity contribution >= 4 is 0 Å². The molecule has 0 bridgehead atoms. The topological polar surface area (TPSA) is 41.8 Å². The molecule has 3 rings (SSSR count). The monoisotopic (exact) mass is 224 g/mol. The summed E-state index contributed by atoms with van der Waals surface area (Å²) in [6.45, 7) is 2.08. The predicted molar refractivity (Wildman–Crippen MR) is 66.5 cm³/mol. The molecular formula is C14H12N2O. The van der Waals surface area contributed by atoms with Crippen LogP contribution in [0.25, 0.3) is 22.7 Å². The quantitative estimate of drug-likeness (QED) is 0.722. The number of furan rings is 1. The molecule has 17 heavy (non-hydrogen) atoms. The third-order valence-electron chi connectivity index (χ3n) is 2.79. The molecule has 3 aromatic rings. The zero-order valence-electron chi connectivity index (χ0n) is 9.47. The Labute approximate surface area is 99.1 Å². The molecule has 0 aliphatic carbocycles. The van der Waals surface area contributed by atoms with E-state index in [-0.39, 0.29) is 0 Å². The molecule has 0 spiro atoms. The van der Waals surface area contributed by atoms with Gasteiger partial charge in [0.2, 0.25) is 0 Å². The van der Waals surface area contributed by atoms with Crippen LogP contribution in [0.3, 0.4) is 0 Å². The molecule has 0 fully saturated rings. The standard InChI is InChI=1S/C14H12N2O/c1-10-5-2-3-6-11(10)12-9-13(16-15-12)14-7-4-8-17-14/h2-9H,1H3,(H,15,16). The Morgan fingerprint density at radius 2 is 2.00 bits per heavy atom. The van der Waals surface area contributed by atoms with Gasteiger partial charge in [0.25, 0.3) is 0 Å². The van der Waals surface area contributed by atoms with Crippen molar-refractivity contribution in [3.8, 4) is 22.7 Å². The van der Waals surface area contributed by atoms with Crippen molar-refractivity contribution < 1.29 is 4.42 Å². The highest BCUT2D eigenvalue weighted by Crippen LogP contribution is 2.25. The van der Waals surface area contributed by atoms with Gasteiger partial charge in [-0.1, -0.05) is 24.3 Å². The maximum absolute atomic E-state index is 5.33. The van der Waals surface area contributed by atoms with Crippen LogP contribution in [0, 0.1) is 6.92 Å². The van der Waals surface area contributed by atoms with E-state index in [4.69, 9.17) is 4.42 Å². The summed E-state index contributed by atoms with van der Waals surface area (Å²) in [7, 11) is 0.